The topological polar surface area (TPSA) is 55.6 Å². The molecule has 1 aromatic rings. The molecule has 0 spiro atoms. The lowest BCUT2D eigenvalue weighted by Crippen LogP contribution is -2.23. The SMILES string of the molecule is CC(C)CCC(C)n1nnnc1CNCC(C)C. The van der Waals surface area contributed by atoms with Crippen molar-refractivity contribution in [3.63, 3.8) is 0 Å². The first-order valence-electron chi connectivity index (χ1n) is 6.98. The Labute approximate surface area is 110 Å². The Kier molecular flexibility index (Phi) is 6.25. The number of tetrazole rings is 1. The minimum absolute atomic E-state index is 0.373. The van der Waals surface area contributed by atoms with Crippen molar-refractivity contribution in [2.24, 2.45) is 11.8 Å². The van der Waals surface area contributed by atoms with E-state index >= 15 is 0 Å². The predicted molar refractivity (Wildman–Crippen MR) is 73.1 cm³/mol. The zero-order chi connectivity index (χ0) is 13.5. The Morgan fingerprint density at radius 1 is 1.06 bits per heavy atom. The number of hydrogen-bond donors (Lipinski definition) is 1. The van der Waals surface area contributed by atoms with Gasteiger partial charge in [-0.25, -0.2) is 4.68 Å². The fourth-order valence-corrected chi connectivity index (χ4v) is 1.84. The Morgan fingerprint density at radius 3 is 2.39 bits per heavy atom. The molecule has 0 bridgehead atoms. The first kappa shape index (κ1) is 15.1. The van der Waals surface area contributed by atoms with E-state index in [0.717, 1.165) is 31.3 Å². The zero-order valence-electron chi connectivity index (χ0n) is 12.3. The Balaban J connectivity index is 2.47. The molecule has 0 fully saturated rings. The summed E-state index contributed by atoms with van der Waals surface area (Å²) >= 11 is 0. The molecule has 1 aromatic heterocycles. The van der Waals surface area contributed by atoms with Gasteiger partial charge in [0, 0.05) is 0 Å². The Bertz CT molecular complexity index is 332. The lowest BCUT2D eigenvalue weighted by Gasteiger charge is -2.15. The molecule has 5 heteroatoms. The number of rotatable bonds is 8. The van der Waals surface area contributed by atoms with E-state index in [4.69, 9.17) is 0 Å². The molecule has 0 amide bonds. The van der Waals surface area contributed by atoms with E-state index in [2.05, 4.69) is 55.5 Å². The van der Waals surface area contributed by atoms with Crippen LogP contribution in [0, 0.1) is 11.8 Å². The van der Waals surface area contributed by atoms with Crippen LogP contribution in [0.2, 0.25) is 0 Å². The molecular weight excluding hydrogens is 226 g/mol. The average molecular weight is 253 g/mol. The van der Waals surface area contributed by atoms with E-state index in [-0.39, 0.29) is 0 Å². The maximum atomic E-state index is 4.11. The van der Waals surface area contributed by atoms with Gasteiger partial charge in [0.2, 0.25) is 0 Å². The average Bonchev–Trinajstić information content (AvgIpc) is 2.73. The van der Waals surface area contributed by atoms with Gasteiger partial charge in [-0.15, -0.1) is 5.10 Å². The van der Waals surface area contributed by atoms with E-state index in [9.17, 15) is 0 Å². The Hall–Kier alpha value is -0.970. The fraction of sp³-hybridized carbons (Fsp3) is 0.923. The van der Waals surface area contributed by atoms with E-state index in [1.807, 2.05) is 4.68 Å². The maximum absolute atomic E-state index is 4.11. The van der Waals surface area contributed by atoms with Crippen molar-refractivity contribution in [2.75, 3.05) is 6.54 Å². The van der Waals surface area contributed by atoms with Crippen LogP contribution in [0.25, 0.3) is 0 Å². The summed E-state index contributed by atoms with van der Waals surface area (Å²) in [5.41, 5.74) is 0. The van der Waals surface area contributed by atoms with E-state index in [1.165, 1.54) is 6.42 Å². The van der Waals surface area contributed by atoms with Crippen LogP contribution in [0.4, 0.5) is 0 Å². The molecule has 0 aliphatic carbocycles. The van der Waals surface area contributed by atoms with E-state index in [0.29, 0.717) is 12.0 Å². The predicted octanol–water partition coefficient (Wildman–Crippen LogP) is 2.42. The number of aromatic nitrogens is 4. The highest BCUT2D eigenvalue weighted by Crippen LogP contribution is 2.16. The van der Waals surface area contributed by atoms with E-state index < -0.39 is 0 Å². The van der Waals surface area contributed by atoms with Gasteiger partial charge < -0.3 is 5.32 Å². The molecule has 5 nitrogen and oxygen atoms in total. The highest BCUT2D eigenvalue weighted by Gasteiger charge is 2.13. The van der Waals surface area contributed by atoms with Crippen LogP contribution >= 0.6 is 0 Å². The van der Waals surface area contributed by atoms with Crippen LogP contribution in [-0.2, 0) is 6.54 Å². The summed E-state index contributed by atoms with van der Waals surface area (Å²) in [6.45, 7) is 12.8. The van der Waals surface area contributed by atoms with E-state index in [1.54, 1.807) is 0 Å². The molecule has 1 heterocycles. The van der Waals surface area contributed by atoms with Gasteiger partial charge in [0.05, 0.1) is 12.6 Å². The minimum Gasteiger partial charge on any atom is -0.310 e. The molecule has 18 heavy (non-hydrogen) atoms. The Morgan fingerprint density at radius 2 is 1.78 bits per heavy atom. The van der Waals surface area contributed by atoms with Gasteiger partial charge in [-0.05, 0) is 48.6 Å². The summed E-state index contributed by atoms with van der Waals surface area (Å²) in [5.74, 6) is 2.31. The van der Waals surface area contributed by atoms with Crippen LogP contribution in [-0.4, -0.2) is 26.8 Å². The van der Waals surface area contributed by atoms with Gasteiger partial charge in [-0.3, -0.25) is 0 Å². The van der Waals surface area contributed by atoms with Crippen molar-refractivity contribution >= 4 is 0 Å². The molecule has 0 aromatic carbocycles. The molecule has 0 saturated heterocycles. The van der Waals surface area contributed by atoms with Gasteiger partial charge in [-0.2, -0.15) is 0 Å². The number of hydrogen-bond acceptors (Lipinski definition) is 4. The summed E-state index contributed by atoms with van der Waals surface area (Å²) in [7, 11) is 0. The fourth-order valence-electron chi connectivity index (χ4n) is 1.84. The van der Waals surface area contributed by atoms with Gasteiger partial charge in [0.15, 0.2) is 5.82 Å². The van der Waals surface area contributed by atoms with Crippen LogP contribution in [0.1, 0.15) is 59.3 Å². The van der Waals surface area contributed by atoms with Gasteiger partial charge in [-0.1, -0.05) is 27.7 Å². The van der Waals surface area contributed by atoms with Crippen molar-refractivity contribution in [3.05, 3.63) is 5.82 Å². The summed E-state index contributed by atoms with van der Waals surface area (Å²) in [6.07, 6.45) is 2.33. The molecular formula is C13H27N5. The smallest absolute Gasteiger partial charge is 0.165 e. The maximum Gasteiger partial charge on any atom is 0.165 e. The second-order valence-corrected chi connectivity index (χ2v) is 5.88. The lowest BCUT2D eigenvalue weighted by atomic mass is 10.0. The third-order valence-corrected chi connectivity index (χ3v) is 2.98. The minimum atomic E-state index is 0.373. The largest absolute Gasteiger partial charge is 0.310 e. The van der Waals surface area contributed by atoms with Crippen molar-refractivity contribution in [3.8, 4) is 0 Å². The molecule has 0 aliphatic heterocycles. The molecule has 0 aliphatic rings. The van der Waals surface area contributed by atoms with Gasteiger partial charge in [0.1, 0.15) is 0 Å². The van der Waals surface area contributed by atoms with Crippen LogP contribution in [0.5, 0.6) is 0 Å². The second-order valence-electron chi connectivity index (χ2n) is 5.88. The second kappa shape index (κ2) is 7.46. The van der Waals surface area contributed by atoms with Gasteiger partial charge in [0.25, 0.3) is 0 Å². The highest BCUT2D eigenvalue weighted by molar-refractivity contribution is 4.83. The number of nitrogens with one attached hydrogen (secondary N) is 1. The first-order chi connectivity index (χ1) is 8.50. The summed E-state index contributed by atoms with van der Waals surface area (Å²) in [5, 5.41) is 15.4. The monoisotopic (exact) mass is 253 g/mol. The van der Waals surface area contributed by atoms with Crippen molar-refractivity contribution in [1.82, 2.24) is 25.5 Å². The summed E-state index contributed by atoms with van der Waals surface area (Å²) in [4.78, 5) is 0. The molecule has 0 saturated carbocycles. The van der Waals surface area contributed by atoms with Crippen LogP contribution in [0.3, 0.4) is 0 Å². The molecule has 1 atom stereocenters. The van der Waals surface area contributed by atoms with Gasteiger partial charge >= 0.3 is 0 Å². The highest BCUT2D eigenvalue weighted by atomic mass is 15.6. The normalized spacial score (nSPS) is 13.5. The van der Waals surface area contributed by atoms with Crippen molar-refractivity contribution < 1.29 is 0 Å². The first-order valence-corrected chi connectivity index (χ1v) is 6.98. The molecule has 1 rings (SSSR count). The lowest BCUT2D eigenvalue weighted by molar-refractivity contribution is 0.388. The standard InChI is InChI=1S/C13H27N5/c1-10(2)6-7-12(5)18-13(15-16-17-18)9-14-8-11(3)4/h10-12,14H,6-9H2,1-5H3. The zero-order valence-corrected chi connectivity index (χ0v) is 12.3. The number of nitrogens with zero attached hydrogens (tertiary/aromatic N) is 4. The quantitative estimate of drug-likeness (QED) is 0.773. The molecule has 0 radical (unpaired) electrons. The van der Waals surface area contributed by atoms with Crippen molar-refractivity contribution in [2.45, 2.75) is 60.0 Å². The molecule has 1 unspecified atom stereocenters. The van der Waals surface area contributed by atoms with Crippen molar-refractivity contribution in [1.29, 1.82) is 0 Å². The third-order valence-electron chi connectivity index (χ3n) is 2.98. The summed E-state index contributed by atoms with van der Waals surface area (Å²) < 4.78 is 1.95. The molecule has 104 valence electrons. The third kappa shape index (κ3) is 5.12. The van der Waals surface area contributed by atoms with Crippen LogP contribution < -0.4 is 5.32 Å². The summed E-state index contributed by atoms with van der Waals surface area (Å²) in [6, 6.07) is 0.373. The van der Waals surface area contributed by atoms with Crippen LogP contribution in [0.15, 0.2) is 0 Å². The molecule has 1 N–H and O–H groups in total.